The Bertz CT molecular complexity index is 1300. The van der Waals surface area contributed by atoms with E-state index in [2.05, 4.69) is 34.1 Å². The van der Waals surface area contributed by atoms with Gasteiger partial charge in [-0.15, -0.1) is 0 Å². The third-order valence-corrected chi connectivity index (χ3v) is 6.49. The summed E-state index contributed by atoms with van der Waals surface area (Å²) in [6.45, 7) is -0.113. The Morgan fingerprint density at radius 1 is 1.15 bits per heavy atom. The standard InChI is InChI=1S/C24H19BrN2O5S/c1-31-19-10-14(11-20-23(29)27(12-21(26)28)24(30)33-20)9-18(25)22(19)32-13-16-7-4-6-15-5-2-3-8-17(15)16/h2-11H,12-13H2,1H3,(H2,26,28)/b20-11-. The van der Waals surface area contributed by atoms with E-state index in [1.54, 1.807) is 18.2 Å². The van der Waals surface area contributed by atoms with Gasteiger partial charge in [0.25, 0.3) is 11.1 Å². The Morgan fingerprint density at radius 3 is 2.67 bits per heavy atom. The van der Waals surface area contributed by atoms with Gasteiger partial charge in [-0.25, -0.2) is 0 Å². The Kier molecular flexibility index (Phi) is 6.71. The number of ether oxygens (including phenoxy) is 2. The van der Waals surface area contributed by atoms with E-state index in [-0.39, 0.29) is 4.91 Å². The maximum absolute atomic E-state index is 12.5. The summed E-state index contributed by atoms with van der Waals surface area (Å²) in [6.07, 6.45) is 1.56. The van der Waals surface area contributed by atoms with Crippen LogP contribution in [0.5, 0.6) is 11.5 Å². The van der Waals surface area contributed by atoms with Crippen LogP contribution in [0.2, 0.25) is 0 Å². The van der Waals surface area contributed by atoms with Gasteiger partial charge in [0.1, 0.15) is 13.2 Å². The number of nitrogens with zero attached hydrogens (tertiary/aromatic N) is 1. The first-order valence-corrected chi connectivity index (χ1v) is 11.5. The van der Waals surface area contributed by atoms with Crippen molar-refractivity contribution < 1.29 is 23.9 Å². The molecule has 33 heavy (non-hydrogen) atoms. The maximum Gasteiger partial charge on any atom is 0.294 e. The van der Waals surface area contributed by atoms with Crippen molar-refractivity contribution >= 4 is 61.6 Å². The number of imide groups is 1. The van der Waals surface area contributed by atoms with Crippen molar-refractivity contribution in [3.05, 3.63) is 75.1 Å². The lowest BCUT2D eigenvalue weighted by Crippen LogP contribution is -2.36. The van der Waals surface area contributed by atoms with Crippen LogP contribution < -0.4 is 15.2 Å². The molecular formula is C24H19BrN2O5S. The predicted molar refractivity (Wildman–Crippen MR) is 131 cm³/mol. The molecule has 1 aliphatic heterocycles. The number of hydrogen-bond donors (Lipinski definition) is 1. The molecule has 0 aliphatic carbocycles. The number of amides is 3. The third-order valence-electron chi connectivity index (χ3n) is 4.99. The van der Waals surface area contributed by atoms with E-state index in [1.165, 1.54) is 7.11 Å². The fourth-order valence-electron chi connectivity index (χ4n) is 3.47. The Balaban J connectivity index is 1.59. The number of carbonyl (C=O) groups excluding carboxylic acids is 3. The molecule has 2 N–H and O–H groups in total. The van der Waals surface area contributed by atoms with Crippen LogP contribution >= 0.6 is 27.7 Å². The van der Waals surface area contributed by atoms with Gasteiger partial charge in [-0.1, -0.05) is 42.5 Å². The molecular weight excluding hydrogens is 508 g/mol. The molecule has 7 nitrogen and oxygen atoms in total. The fourth-order valence-corrected chi connectivity index (χ4v) is 4.89. The van der Waals surface area contributed by atoms with Gasteiger partial charge in [0.05, 0.1) is 16.5 Å². The van der Waals surface area contributed by atoms with E-state index in [4.69, 9.17) is 15.2 Å². The summed E-state index contributed by atoms with van der Waals surface area (Å²) < 4.78 is 12.2. The van der Waals surface area contributed by atoms with Crippen molar-refractivity contribution in [3.8, 4) is 11.5 Å². The van der Waals surface area contributed by atoms with Crippen molar-refractivity contribution in [2.24, 2.45) is 5.73 Å². The van der Waals surface area contributed by atoms with Crippen LogP contribution in [0.25, 0.3) is 16.8 Å². The number of primary amides is 1. The van der Waals surface area contributed by atoms with E-state index in [0.717, 1.165) is 33.0 Å². The second-order valence-corrected chi connectivity index (χ2v) is 9.04. The van der Waals surface area contributed by atoms with E-state index >= 15 is 0 Å². The predicted octanol–water partition coefficient (Wildman–Crippen LogP) is 4.71. The van der Waals surface area contributed by atoms with E-state index in [1.807, 2.05) is 24.3 Å². The minimum atomic E-state index is -0.754. The third kappa shape index (κ3) is 4.89. The molecule has 1 saturated heterocycles. The number of carbonyl (C=O) groups is 3. The normalized spacial score (nSPS) is 14.8. The Labute approximate surface area is 202 Å². The summed E-state index contributed by atoms with van der Waals surface area (Å²) in [5.74, 6) is -0.331. The number of nitrogens with two attached hydrogens (primary N) is 1. The quantitative estimate of drug-likeness (QED) is 0.447. The van der Waals surface area contributed by atoms with Crippen molar-refractivity contribution in [2.75, 3.05) is 13.7 Å². The summed E-state index contributed by atoms with van der Waals surface area (Å²) in [7, 11) is 1.52. The number of fused-ring (bicyclic) bond motifs is 1. The molecule has 9 heteroatoms. The van der Waals surface area contributed by atoms with Crippen LogP contribution in [0.3, 0.4) is 0 Å². The summed E-state index contributed by atoms with van der Waals surface area (Å²) >= 11 is 4.27. The number of halogens is 1. The summed E-state index contributed by atoms with van der Waals surface area (Å²) in [5, 5.41) is 1.70. The van der Waals surface area contributed by atoms with Gasteiger partial charge in [-0.2, -0.15) is 0 Å². The Hall–Kier alpha value is -3.30. The van der Waals surface area contributed by atoms with Gasteiger partial charge in [-0.3, -0.25) is 19.3 Å². The summed E-state index contributed by atoms with van der Waals surface area (Å²) in [4.78, 5) is 36.7. The van der Waals surface area contributed by atoms with Gasteiger partial charge < -0.3 is 15.2 Å². The molecule has 0 unspecified atom stereocenters. The smallest absolute Gasteiger partial charge is 0.294 e. The van der Waals surface area contributed by atoms with Crippen molar-refractivity contribution in [2.45, 2.75) is 6.61 Å². The molecule has 0 spiro atoms. The molecule has 3 aromatic carbocycles. The molecule has 168 valence electrons. The Morgan fingerprint density at radius 2 is 1.91 bits per heavy atom. The molecule has 4 rings (SSSR count). The van der Waals surface area contributed by atoms with Crippen molar-refractivity contribution in [1.29, 1.82) is 0 Å². The molecule has 1 aliphatic rings. The summed E-state index contributed by atoms with van der Waals surface area (Å²) in [6, 6.07) is 17.6. The maximum atomic E-state index is 12.5. The van der Waals surface area contributed by atoms with Crippen molar-refractivity contribution in [1.82, 2.24) is 4.90 Å². The number of rotatable bonds is 7. The SMILES string of the molecule is COc1cc(/C=C2\SC(=O)N(CC(N)=O)C2=O)cc(Br)c1OCc1cccc2ccccc12. The van der Waals surface area contributed by atoms with E-state index < -0.39 is 23.6 Å². The first-order chi connectivity index (χ1) is 15.9. The van der Waals surface area contributed by atoms with E-state index in [9.17, 15) is 14.4 Å². The largest absolute Gasteiger partial charge is 0.493 e. The average Bonchev–Trinajstić information content (AvgIpc) is 3.05. The zero-order valence-corrected chi connectivity index (χ0v) is 19.9. The van der Waals surface area contributed by atoms with Crippen LogP contribution in [-0.2, 0) is 16.2 Å². The van der Waals surface area contributed by atoms with Crippen LogP contribution in [0.1, 0.15) is 11.1 Å². The minimum absolute atomic E-state index is 0.194. The minimum Gasteiger partial charge on any atom is -0.493 e. The lowest BCUT2D eigenvalue weighted by Gasteiger charge is -2.15. The molecule has 1 fully saturated rings. The highest BCUT2D eigenvalue weighted by molar-refractivity contribution is 9.10. The molecule has 0 radical (unpaired) electrons. The number of hydrogen-bond acceptors (Lipinski definition) is 6. The highest BCUT2D eigenvalue weighted by atomic mass is 79.9. The molecule has 3 aromatic rings. The molecule has 0 atom stereocenters. The highest BCUT2D eigenvalue weighted by Gasteiger charge is 2.35. The lowest BCUT2D eigenvalue weighted by molar-refractivity contribution is -0.127. The molecule has 0 bridgehead atoms. The lowest BCUT2D eigenvalue weighted by atomic mass is 10.1. The van der Waals surface area contributed by atoms with E-state index in [0.29, 0.717) is 28.1 Å². The van der Waals surface area contributed by atoms with Gasteiger partial charge in [0, 0.05) is 0 Å². The van der Waals surface area contributed by atoms with Gasteiger partial charge in [-0.05, 0) is 67.8 Å². The highest BCUT2D eigenvalue weighted by Crippen LogP contribution is 2.39. The molecule has 3 amide bonds. The topological polar surface area (TPSA) is 98.9 Å². The van der Waals surface area contributed by atoms with Gasteiger partial charge >= 0.3 is 0 Å². The summed E-state index contributed by atoms with van der Waals surface area (Å²) in [5.41, 5.74) is 6.78. The monoisotopic (exact) mass is 526 g/mol. The number of methoxy groups -OCH3 is 1. The number of benzene rings is 3. The molecule has 1 heterocycles. The van der Waals surface area contributed by atoms with Crippen LogP contribution in [0.4, 0.5) is 4.79 Å². The van der Waals surface area contributed by atoms with Crippen LogP contribution in [0.15, 0.2) is 64.0 Å². The average molecular weight is 527 g/mol. The van der Waals surface area contributed by atoms with Crippen molar-refractivity contribution in [3.63, 3.8) is 0 Å². The number of thioether (sulfide) groups is 1. The first-order valence-electron chi connectivity index (χ1n) is 9.88. The molecule has 0 saturated carbocycles. The van der Waals surface area contributed by atoms with Gasteiger partial charge in [0.2, 0.25) is 5.91 Å². The second kappa shape index (κ2) is 9.68. The van der Waals surface area contributed by atoms with Crippen LogP contribution in [0, 0.1) is 0 Å². The fraction of sp³-hybridized carbons (Fsp3) is 0.125. The second-order valence-electron chi connectivity index (χ2n) is 7.20. The zero-order valence-electron chi connectivity index (χ0n) is 17.5. The van der Waals surface area contributed by atoms with Gasteiger partial charge in [0.15, 0.2) is 11.5 Å². The molecule has 0 aromatic heterocycles. The van der Waals surface area contributed by atoms with Crippen LogP contribution in [-0.4, -0.2) is 35.6 Å². The zero-order chi connectivity index (χ0) is 23.5. The first kappa shape index (κ1) is 22.9.